The number of rotatable bonds is 5. The minimum absolute atomic E-state index is 0.0826. The maximum atomic E-state index is 11.1. The van der Waals surface area contributed by atoms with E-state index in [0.717, 1.165) is 7.11 Å². The van der Waals surface area contributed by atoms with Crippen molar-refractivity contribution in [2.24, 2.45) is 0 Å². The standard InChI is InChI=1S/C4H11ClO6P2/c1-3-11-13(8,9)4(5)12(6,7)10-2/h4H,3H2,1-2H3,(H,6,7)(H,8,9). The number of alkyl halides is 1. The van der Waals surface area contributed by atoms with Gasteiger partial charge in [-0.05, 0) is 6.92 Å². The summed E-state index contributed by atoms with van der Waals surface area (Å²) in [5.74, 6) is 0. The van der Waals surface area contributed by atoms with Crippen LogP contribution in [0.2, 0.25) is 0 Å². The second kappa shape index (κ2) is 4.89. The fourth-order valence-corrected chi connectivity index (χ4v) is 3.55. The van der Waals surface area contributed by atoms with Gasteiger partial charge in [0.05, 0.1) is 6.61 Å². The van der Waals surface area contributed by atoms with E-state index in [1.807, 2.05) is 0 Å². The highest BCUT2D eigenvalue weighted by Crippen LogP contribution is 2.66. The second-order valence-corrected chi connectivity index (χ2v) is 7.40. The fourth-order valence-electron chi connectivity index (χ4n) is 0.518. The molecule has 0 rings (SSSR count). The smallest absolute Gasteiger partial charge is 0.323 e. The van der Waals surface area contributed by atoms with Crippen molar-refractivity contribution in [1.29, 1.82) is 0 Å². The molecular formula is C4H11ClO6P2. The summed E-state index contributed by atoms with van der Waals surface area (Å²) in [6.45, 7) is 1.38. The third-order valence-electron chi connectivity index (χ3n) is 1.11. The predicted molar refractivity (Wildman–Crippen MR) is 47.9 cm³/mol. The van der Waals surface area contributed by atoms with Gasteiger partial charge in [-0.3, -0.25) is 9.13 Å². The number of hydrogen-bond donors (Lipinski definition) is 2. The molecule has 0 aliphatic carbocycles. The molecule has 13 heavy (non-hydrogen) atoms. The number of halogens is 1. The molecule has 2 N–H and O–H groups in total. The van der Waals surface area contributed by atoms with E-state index < -0.39 is 20.1 Å². The van der Waals surface area contributed by atoms with Crippen molar-refractivity contribution in [3.05, 3.63) is 0 Å². The molecule has 3 atom stereocenters. The Kier molecular flexibility index (Phi) is 5.12. The van der Waals surface area contributed by atoms with Gasteiger partial charge in [-0.25, -0.2) is 0 Å². The van der Waals surface area contributed by atoms with Crippen molar-refractivity contribution >= 4 is 26.8 Å². The van der Waals surface area contributed by atoms with Gasteiger partial charge in [0.25, 0.3) is 0 Å². The second-order valence-electron chi connectivity index (χ2n) is 2.04. The van der Waals surface area contributed by atoms with E-state index in [4.69, 9.17) is 21.4 Å². The lowest BCUT2D eigenvalue weighted by atomic mass is 10.9. The first-order valence-electron chi connectivity index (χ1n) is 3.27. The molecule has 0 aliphatic rings. The monoisotopic (exact) mass is 252 g/mol. The van der Waals surface area contributed by atoms with Gasteiger partial charge in [-0.15, -0.1) is 0 Å². The highest BCUT2D eigenvalue weighted by atomic mass is 35.5. The first-order chi connectivity index (χ1) is 5.78. The highest BCUT2D eigenvalue weighted by molar-refractivity contribution is 7.74. The van der Waals surface area contributed by atoms with Gasteiger partial charge in [-0.1, -0.05) is 11.6 Å². The van der Waals surface area contributed by atoms with Crippen LogP contribution in [0.3, 0.4) is 0 Å². The fraction of sp³-hybridized carbons (Fsp3) is 1.00. The molecule has 0 spiro atoms. The maximum Gasteiger partial charge on any atom is 0.358 e. The van der Waals surface area contributed by atoms with E-state index in [0.29, 0.717) is 0 Å². The van der Waals surface area contributed by atoms with Crippen LogP contribution in [0.4, 0.5) is 0 Å². The van der Waals surface area contributed by atoms with Crippen molar-refractivity contribution < 1.29 is 28.0 Å². The molecule has 0 aromatic rings. The third-order valence-corrected chi connectivity index (χ3v) is 6.57. The van der Waals surface area contributed by atoms with Gasteiger partial charge < -0.3 is 18.8 Å². The molecule has 9 heteroatoms. The lowest BCUT2D eigenvalue weighted by Crippen LogP contribution is -2.05. The van der Waals surface area contributed by atoms with Crippen LogP contribution in [-0.4, -0.2) is 28.4 Å². The molecule has 0 saturated heterocycles. The molecule has 80 valence electrons. The van der Waals surface area contributed by atoms with Crippen molar-refractivity contribution in [3.8, 4) is 0 Å². The molecular weight excluding hydrogens is 241 g/mol. The van der Waals surface area contributed by atoms with Crippen LogP contribution in [0.25, 0.3) is 0 Å². The van der Waals surface area contributed by atoms with Gasteiger partial charge in [0.2, 0.25) is 4.86 Å². The molecule has 0 fully saturated rings. The van der Waals surface area contributed by atoms with E-state index in [1.165, 1.54) is 6.92 Å². The average molecular weight is 253 g/mol. The Morgan fingerprint density at radius 3 is 2.15 bits per heavy atom. The van der Waals surface area contributed by atoms with Crippen LogP contribution in [0.5, 0.6) is 0 Å². The predicted octanol–water partition coefficient (Wildman–Crippen LogP) is 1.56. The van der Waals surface area contributed by atoms with Crippen LogP contribution in [-0.2, 0) is 18.2 Å². The van der Waals surface area contributed by atoms with Crippen molar-refractivity contribution in [1.82, 2.24) is 0 Å². The minimum atomic E-state index is -4.29. The zero-order chi connectivity index (χ0) is 10.7. The van der Waals surface area contributed by atoms with Crippen LogP contribution in [0.1, 0.15) is 6.92 Å². The van der Waals surface area contributed by atoms with E-state index in [2.05, 4.69) is 9.05 Å². The normalized spacial score (nSPS) is 23.2. The minimum Gasteiger partial charge on any atom is -0.323 e. The first kappa shape index (κ1) is 13.6. The summed E-state index contributed by atoms with van der Waals surface area (Å²) in [7, 11) is -7.66. The lowest BCUT2D eigenvalue weighted by Gasteiger charge is -2.19. The van der Waals surface area contributed by atoms with Gasteiger partial charge in [0, 0.05) is 7.11 Å². The van der Waals surface area contributed by atoms with Crippen LogP contribution in [0, 0.1) is 0 Å². The molecule has 0 aromatic carbocycles. The third kappa shape index (κ3) is 3.68. The van der Waals surface area contributed by atoms with Gasteiger partial charge in [0.15, 0.2) is 0 Å². The Bertz CT molecular complexity index is 255. The summed E-state index contributed by atoms with van der Waals surface area (Å²) < 4.78 is 30.5. The summed E-state index contributed by atoms with van der Waals surface area (Å²) in [6, 6.07) is 0. The average Bonchev–Trinajstić information content (AvgIpc) is 2.03. The molecule has 0 bridgehead atoms. The lowest BCUT2D eigenvalue weighted by molar-refractivity contribution is 0.267. The van der Waals surface area contributed by atoms with Gasteiger partial charge in [0.1, 0.15) is 0 Å². The highest BCUT2D eigenvalue weighted by Gasteiger charge is 2.45. The van der Waals surface area contributed by atoms with E-state index in [1.54, 1.807) is 0 Å². The zero-order valence-electron chi connectivity index (χ0n) is 7.08. The van der Waals surface area contributed by atoms with E-state index in [-0.39, 0.29) is 6.61 Å². The molecule has 0 saturated carbocycles. The van der Waals surface area contributed by atoms with Crippen molar-refractivity contribution in [3.63, 3.8) is 0 Å². The Morgan fingerprint density at radius 1 is 1.38 bits per heavy atom. The first-order valence-corrected chi connectivity index (χ1v) is 7.00. The maximum absolute atomic E-state index is 11.1. The summed E-state index contributed by atoms with van der Waals surface area (Å²) in [5.41, 5.74) is 0. The van der Waals surface area contributed by atoms with E-state index in [9.17, 15) is 9.13 Å². The summed E-state index contributed by atoms with van der Waals surface area (Å²) in [4.78, 5) is 16.0. The zero-order valence-corrected chi connectivity index (χ0v) is 9.63. The summed E-state index contributed by atoms with van der Waals surface area (Å²) in [5, 5.41) is 0. The topological polar surface area (TPSA) is 93.1 Å². The van der Waals surface area contributed by atoms with E-state index >= 15 is 0 Å². The van der Waals surface area contributed by atoms with Crippen LogP contribution >= 0.6 is 26.8 Å². The molecule has 0 radical (unpaired) electrons. The molecule has 0 aliphatic heterocycles. The Labute approximate surface area is 80.9 Å². The molecule has 0 heterocycles. The Balaban J connectivity index is 4.68. The Morgan fingerprint density at radius 2 is 1.85 bits per heavy atom. The van der Waals surface area contributed by atoms with Crippen LogP contribution in [0.15, 0.2) is 0 Å². The van der Waals surface area contributed by atoms with Crippen LogP contribution < -0.4 is 0 Å². The quantitative estimate of drug-likeness (QED) is 0.570. The summed E-state index contributed by atoms with van der Waals surface area (Å²) >= 11 is 5.27. The molecule has 6 nitrogen and oxygen atoms in total. The number of hydrogen-bond acceptors (Lipinski definition) is 4. The largest absolute Gasteiger partial charge is 0.358 e. The molecule has 3 unspecified atom stereocenters. The summed E-state index contributed by atoms with van der Waals surface area (Å²) in [6.07, 6.45) is 0. The Hall–Kier alpha value is 0.590. The molecule has 0 aromatic heterocycles. The van der Waals surface area contributed by atoms with Crippen molar-refractivity contribution in [2.45, 2.75) is 11.8 Å². The van der Waals surface area contributed by atoms with Gasteiger partial charge >= 0.3 is 15.2 Å². The van der Waals surface area contributed by atoms with Gasteiger partial charge in [-0.2, -0.15) is 0 Å². The SMILES string of the molecule is CCOP(=O)(O)C(Cl)P(=O)(O)OC. The van der Waals surface area contributed by atoms with Crippen molar-refractivity contribution in [2.75, 3.05) is 13.7 Å². The molecule has 0 amide bonds.